The Morgan fingerprint density at radius 1 is 1.16 bits per heavy atom. The Balaban J connectivity index is 1.66. The van der Waals surface area contributed by atoms with Gasteiger partial charge in [-0.1, -0.05) is 23.9 Å². The summed E-state index contributed by atoms with van der Waals surface area (Å²) >= 11 is 0.914. The molecule has 0 aliphatic rings. The van der Waals surface area contributed by atoms with Crippen LogP contribution in [0.2, 0.25) is 0 Å². The van der Waals surface area contributed by atoms with Crippen LogP contribution in [0.25, 0.3) is 0 Å². The third kappa shape index (κ3) is 5.40. The van der Waals surface area contributed by atoms with E-state index in [1.165, 1.54) is 7.11 Å². The van der Waals surface area contributed by atoms with Crippen LogP contribution in [0.1, 0.15) is 10.4 Å². The molecule has 3 rings (SSSR count). The molecule has 0 aliphatic heterocycles. The van der Waals surface area contributed by atoms with Gasteiger partial charge in [0.1, 0.15) is 11.4 Å². The maximum atomic E-state index is 13.3. The minimum atomic E-state index is -1.21. The minimum absolute atomic E-state index is 0.0495. The van der Waals surface area contributed by atoms with Gasteiger partial charge in [0.25, 0.3) is 11.5 Å². The van der Waals surface area contributed by atoms with Crippen LogP contribution < -0.4 is 26.7 Å². The molecule has 0 saturated heterocycles. The van der Waals surface area contributed by atoms with Crippen LogP contribution >= 0.6 is 11.8 Å². The van der Waals surface area contributed by atoms with Gasteiger partial charge in [0, 0.05) is 5.56 Å². The van der Waals surface area contributed by atoms with E-state index in [9.17, 15) is 23.2 Å². The number of thioether (sulfide) groups is 1. The van der Waals surface area contributed by atoms with E-state index in [1.807, 2.05) is 0 Å². The van der Waals surface area contributed by atoms with E-state index in [4.69, 9.17) is 10.5 Å². The lowest BCUT2D eigenvalue weighted by molar-refractivity contribution is -0.113. The summed E-state index contributed by atoms with van der Waals surface area (Å²) in [4.78, 5) is 43.1. The number of nitrogens with zero attached hydrogens (tertiary/aromatic N) is 1. The molecular formula is C20H17F2N5O4S. The van der Waals surface area contributed by atoms with E-state index < -0.39 is 23.1 Å². The van der Waals surface area contributed by atoms with E-state index in [1.54, 1.807) is 24.3 Å². The van der Waals surface area contributed by atoms with E-state index in [0.717, 1.165) is 23.9 Å². The number of ether oxygens (including phenoxy) is 1. The fraction of sp³-hybridized carbons (Fsp3) is 0.100. The molecule has 0 bridgehead atoms. The summed E-state index contributed by atoms with van der Waals surface area (Å²) < 4.78 is 31.5. The number of halogens is 2. The molecule has 5 N–H and O–H groups in total. The number of hydrogen-bond donors (Lipinski definition) is 4. The Hall–Kier alpha value is -3.93. The Morgan fingerprint density at radius 3 is 2.59 bits per heavy atom. The predicted octanol–water partition coefficient (Wildman–Crippen LogP) is 2.62. The molecule has 0 saturated carbocycles. The van der Waals surface area contributed by atoms with Crippen molar-refractivity contribution in [1.29, 1.82) is 0 Å². The van der Waals surface area contributed by atoms with Crippen molar-refractivity contribution in [2.24, 2.45) is 0 Å². The molecule has 2 amide bonds. The molecule has 0 radical (unpaired) electrons. The van der Waals surface area contributed by atoms with Gasteiger partial charge in [-0.05, 0) is 30.3 Å². The molecule has 0 atom stereocenters. The topological polar surface area (TPSA) is 139 Å². The highest BCUT2D eigenvalue weighted by Crippen LogP contribution is 2.24. The summed E-state index contributed by atoms with van der Waals surface area (Å²) in [6, 6.07) is 9.38. The first-order chi connectivity index (χ1) is 15.3. The molecule has 0 aliphatic carbocycles. The van der Waals surface area contributed by atoms with Crippen molar-refractivity contribution in [1.82, 2.24) is 9.97 Å². The van der Waals surface area contributed by atoms with Crippen LogP contribution in [0.4, 0.5) is 26.0 Å². The van der Waals surface area contributed by atoms with Gasteiger partial charge in [0.15, 0.2) is 22.6 Å². The maximum Gasteiger partial charge on any atom is 0.277 e. The molecule has 0 spiro atoms. The van der Waals surface area contributed by atoms with Gasteiger partial charge in [0.2, 0.25) is 5.91 Å². The number of hydrogen-bond acceptors (Lipinski definition) is 7. The standard InChI is InChI=1S/C20H17F2N5O4S/c1-31-14-5-3-2-4-13(14)24-15(28)9-32-20-26-17(23)16(19(30)27-20)25-18(29)10-6-7-11(21)12(22)8-10/h2-8H,9H2,1H3,(H,24,28)(H,25,29)(H3,23,26,27,30). The van der Waals surface area contributed by atoms with Crippen molar-refractivity contribution in [3.8, 4) is 5.75 Å². The predicted molar refractivity (Wildman–Crippen MR) is 116 cm³/mol. The highest BCUT2D eigenvalue weighted by molar-refractivity contribution is 7.99. The van der Waals surface area contributed by atoms with Crippen LogP contribution in [0.15, 0.2) is 52.4 Å². The summed E-state index contributed by atoms with van der Waals surface area (Å²) in [7, 11) is 1.48. The van der Waals surface area contributed by atoms with Gasteiger partial charge in [0.05, 0.1) is 18.6 Å². The monoisotopic (exact) mass is 461 g/mol. The Morgan fingerprint density at radius 2 is 1.91 bits per heavy atom. The van der Waals surface area contributed by atoms with Gasteiger partial charge < -0.3 is 21.1 Å². The van der Waals surface area contributed by atoms with Crippen LogP contribution in [0.5, 0.6) is 5.75 Å². The lowest BCUT2D eigenvalue weighted by Crippen LogP contribution is -2.23. The normalized spacial score (nSPS) is 10.5. The van der Waals surface area contributed by atoms with Crippen molar-refractivity contribution < 1.29 is 23.1 Å². The first-order valence-corrected chi connectivity index (χ1v) is 9.99. The molecule has 166 valence electrons. The number of aromatic nitrogens is 2. The number of H-pyrrole nitrogens is 1. The minimum Gasteiger partial charge on any atom is -0.495 e. The van der Waals surface area contributed by atoms with E-state index in [-0.39, 0.29) is 33.9 Å². The van der Waals surface area contributed by atoms with Crippen LogP contribution in [0, 0.1) is 11.6 Å². The molecule has 0 unspecified atom stereocenters. The lowest BCUT2D eigenvalue weighted by Gasteiger charge is -2.10. The number of aromatic amines is 1. The van der Waals surface area contributed by atoms with Crippen LogP contribution in [-0.4, -0.2) is 34.6 Å². The van der Waals surface area contributed by atoms with E-state index in [0.29, 0.717) is 17.5 Å². The van der Waals surface area contributed by atoms with Gasteiger partial charge in [-0.2, -0.15) is 0 Å². The number of para-hydroxylation sites is 2. The fourth-order valence-corrected chi connectivity index (χ4v) is 3.22. The Labute approximate surface area is 184 Å². The van der Waals surface area contributed by atoms with Gasteiger partial charge in [-0.3, -0.25) is 19.4 Å². The quantitative estimate of drug-likeness (QED) is 0.313. The summed E-state index contributed by atoms with van der Waals surface area (Å²) in [5.41, 5.74) is 4.89. The number of carbonyl (C=O) groups is 2. The van der Waals surface area contributed by atoms with Crippen molar-refractivity contribution in [2.45, 2.75) is 5.16 Å². The molecule has 2 aromatic carbocycles. The Kier molecular flexibility index (Phi) is 7.05. The second-order valence-electron chi connectivity index (χ2n) is 6.25. The average molecular weight is 461 g/mol. The number of nitrogens with one attached hydrogen (secondary N) is 3. The molecule has 3 aromatic rings. The van der Waals surface area contributed by atoms with Crippen molar-refractivity contribution in [2.75, 3.05) is 29.2 Å². The van der Waals surface area contributed by atoms with E-state index in [2.05, 4.69) is 20.6 Å². The molecule has 12 heteroatoms. The number of rotatable bonds is 7. The molecule has 0 fully saturated rings. The van der Waals surface area contributed by atoms with E-state index >= 15 is 0 Å². The molecule has 9 nitrogen and oxygen atoms in total. The van der Waals surface area contributed by atoms with Crippen LogP contribution in [-0.2, 0) is 4.79 Å². The molecular weight excluding hydrogens is 444 g/mol. The zero-order valence-electron chi connectivity index (χ0n) is 16.6. The number of nitrogens with two attached hydrogens (primary N) is 1. The van der Waals surface area contributed by atoms with Crippen molar-refractivity contribution >= 4 is 40.8 Å². The van der Waals surface area contributed by atoms with Crippen molar-refractivity contribution in [3.63, 3.8) is 0 Å². The SMILES string of the molecule is COc1ccccc1NC(=O)CSc1nc(N)c(NC(=O)c2ccc(F)c(F)c2)c(=O)[nH]1. The number of anilines is 3. The molecule has 1 heterocycles. The molecule has 1 aromatic heterocycles. The average Bonchev–Trinajstić information content (AvgIpc) is 2.77. The largest absolute Gasteiger partial charge is 0.495 e. The smallest absolute Gasteiger partial charge is 0.277 e. The highest BCUT2D eigenvalue weighted by atomic mass is 32.2. The van der Waals surface area contributed by atoms with Gasteiger partial charge in [-0.15, -0.1) is 0 Å². The number of nitrogen functional groups attached to an aromatic ring is 1. The second-order valence-corrected chi connectivity index (χ2v) is 7.22. The summed E-state index contributed by atoms with van der Waals surface area (Å²) in [6.07, 6.45) is 0. The molecule has 32 heavy (non-hydrogen) atoms. The van der Waals surface area contributed by atoms with Crippen LogP contribution in [0.3, 0.4) is 0 Å². The zero-order chi connectivity index (χ0) is 23.3. The van der Waals surface area contributed by atoms with Gasteiger partial charge >= 0.3 is 0 Å². The number of benzene rings is 2. The third-order valence-corrected chi connectivity index (χ3v) is 4.94. The number of amides is 2. The summed E-state index contributed by atoms with van der Waals surface area (Å²) in [6.45, 7) is 0. The highest BCUT2D eigenvalue weighted by Gasteiger charge is 2.16. The van der Waals surface area contributed by atoms with Gasteiger partial charge in [-0.25, -0.2) is 13.8 Å². The lowest BCUT2D eigenvalue weighted by atomic mass is 10.2. The Bertz CT molecular complexity index is 1230. The number of methoxy groups -OCH3 is 1. The summed E-state index contributed by atoms with van der Waals surface area (Å²) in [5.74, 6) is -3.50. The fourth-order valence-electron chi connectivity index (χ4n) is 2.55. The summed E-state index contributed by atoms with van der Waals surface area (Å²) in [5, 5.41) is 4.94. The zero-order valence-corrected chi connectivity index (χ0v) is 17.4. The number of carbonyl (C=O) groups excluding carboxylic acids is 2. The second kappa shape index (κ2) is 9.92. The first-order valence-electron chi connectivity index (χ1n) is 9.00. The first kappa shape index (κ1) is 22.7. The van der Waals surface area contributed by atoms with Crippen molar-refractivity contribution in [3.05, 3.63) is 70.0 Å². The maximum absolute atomic E-state index is 13.3. The third-order valence-electron chi connectivity index (χ3n) is 4.07.